The molecule has 2 unspecified atom stereocenters. The van der Waals surface area contributed by atoms with E-state index in [2.05, 4.69) is 13.8 Å². The molecule has 0 aliphatic rings. The van der Waals surface area contributed by atoms with Crippen molar-refractivity contribution in [2.75, 3.05) is 0 Å². The first-order valence-electron chi connectivity index (χ1n) is 6.41. The monoisotopic (exact) mass is 324 g/mol. The summed E-state index contributed by atoms with van der Waals surface area (Å²) in [5.41, 5.74) is 2.13. The normalized spacial score (nSPS) is 12.4. The third-order valence-corrected chi connectivity index (χ3v) is 4.13. The van der Waals surface area contributed by atoms with Gasteiger partial charge in [-0.3, -0.25) is 0 Å². The lowest BCUT2D eigenvalue weighted by atomic mass is 9.78. The summed E-state index contributed by atoms with van der Waals surface area (Å²) in [6.45, 7) is 4.28. The fourth-order valence-corrected chi connectivity index (χ4v) is 2.63. The molecule has 0 heterocycles. The average molecular weight is 324 g/mol. The van der Waals surface area contributed by atoms with Crippen molar-refractivity contribution in [1.29, 1.82) is 0 Å². The van der Waals surface area contributed by atoms with Gasteiger partial charge in [-0.25, -0.2) is 0 Å². The summed E-state index contributed by atoms with van der Waals surface area (Å²) in [6.07, 6.45) is 0. The van der Waals surface area contributed by atoms with Gasteiger partial charge in [-0.15, -0.1) is 0 Å². The Kier molecular flexibility index (Phi) is 5.55. The van der Waals surface area contributed by atoms with Crippen LogP contribution in [0.25, 0.3) is 0 Å². The fourth-order valence-electron chi connectivity index (χ4n) is 2.15. The molecule has 21 heavy (non-hydrogen) atoms. The van der Waals surface area contributed by atoms with Crippen LogP contribution >= 0.6 is 18.1 Å². The minimum absolute atomic E-state index is 0.167. The van der Waals surface area contributed by atoms with Gasteiger partial charge in [0.2, 0.25) is 18.1 Å². The van der Waals surface area contributed by atoms with Gasteiger partial charge in [-0.2, -0.15) is 0 Å². The Labute approximate surface area is 128 Å². The van der Waals surface area contributed by atoms with Gasteiger partial charge in [0.15, 0.2) is 0 Å². The fraction of sp³-hybridized carbons (Fsp3) is 0.200. The zero-order valence-electron chi connectivity index (χ0n) is 11.8. The Bertz CT molecular complexity index is 516. The van der Waals surface area contributed by atoms with Crippen molar-refractivity contribution >= 4 is 18.1 Å². The maximum absolute atomic E-state index is 8.77. The van der Waals surface area contributed by atoms with Crippen LogP contribution in [0, 0.1) is 0 Å². The smallest absolute Gasteiger partial charge is 0.212 e. The summed E-state index contributed by atoms with van der Waals surface area (Å²) in [5, 5.41) is 0. The van der Waals surface area contributed by atoms with Gasteiger partial charge in [0.25, 0.3) is 0 Å². The minimum atomic E-state index is -0.544. The highest BCUT2D eigenvalue weighted by atomic mass is 31.1. The molecule has 0 spiro atoms. The van der Waals surface area contributed by atoms with E-state index >= 15 is 0 Å². The molecule has 0 aromatic heterocycles. The van der Waals surface area contributed by atoms with Crippen molar-refractivity contribution in [2.24, 2.45) is 0 Å². The second kappa shape index (κ2) is 7.20. The van der Waals surface area contributed by atoms with Crippen LogP contribution in [0.1, 0.15) is 25.0 Å². The largest absolute Gasteiger partial charge is 0.450 e. The summed E-state index contributed by atoms with van der Waals surface area (Å²) in [4.78, 5) is 17.5. The highest BCUT2D eigenvalue weighted by Crippen LogP contribution is 2.34. The van der Waals surface area contributed by atoms with Crippen LogP contribution < -0.4 is 9.05 Å². The number of hydrogen-bond donors (Lipinski definition) is 2. The molecular weight excluding hydrogens is 306 g/mol. The lowest BCUT2D eigenvalue weighted by molar-refractivity contribution is 0.513. The first-order valence-corrected chi connectivity index (χ1v) is 8.12. The van der Waals surface area contributed by atoms with Gasteiger partial charge in [0.1, 0.15) is 11.5 Å². The molecule has 0 radical (unpaired) electrons. The van der Waals surface area contributed by atoms with E-state index in [1.807, 2.05) is 48.5 Å². The molecule has 0 saturated carbocycles. The molecule has 2 atom stereocenters. The molecule has 0 amide bonds. The standard InChI is InChI=1S/C15H18O4P2/c1-15(2,11-3-7-13(8-4-11)18-20-16)12-5-9-14(10-6-12)19-21-17/h3-10,16-17,20-21H,1-2H3. The average Bonchev–Trinajstić information content (AvgIpc) is 2.49. The van der Waals surface area contributed by atoms with Gasteiger partial charge in [-0.1, -0.05) is 38.1 Å². The van der Waals surface area contributed by atoms with E-state index in [1.165, 1.54) is 0 Å². The van der Waals surface area contributed by atoms with Crippen molar-refractivity contribution in [3.05, 3.63) is 59.7 Å². The quantitative estimate of drug-likeness (QED) is 0.794. The summed E-state index contributed by atoms with van der Waals surface area (Å²) in [6, 6.07) is 15.4. The van der Waals surface area contributed by atoms with Crippen LogP contribution in [0.3, 0.4) is 0 Å². The minimum Gasteiger partial charge on any atom is -0.450 e. The lowest BCUT2D eigenvalue weighted by Crippen LogP contribution is -2.18. The molecule has 2 rings (SSSR count). The van der Waals surface area contributed by atoms with Crippen LogP contribution in [0.4, 0.5) is 0 Å². The van der Waals surface area contributed by atoms with E-state index in [-0.39, 0.29) is 5.41 Å². The molecule has 0 fully saturated rings. The molecule has 112 valence electrons. The first-order chi connectivity index (χ1) is 10.1. The third-order valence-electron chi connectivity index (χ3n) is 3.48. The summed E-state index contributed by atoms with van der Waals surface area (Å²) in [5.74, 6) is 1.31. The lowest BCUT2D eigenvalue weighted by Gasteiger charge is -2.26. The number of rotatable bonds is 6. The van der Waals surface area contributed by atoms with Crippen LogP contribution in [0.15, 0.2) is 48.5 Å². The maximum Gasteiger partial charge on any atom is 0.212 e. The third kappa shape index (κ3) is 3.93. The molecule has 0 bridgehead atoms. The summed E-state index contributed by atoms with van der Waals surface area (Å²) >= 11 is 0. The van der Waals surface area contributed by atoms with Crippen LogP contribution in [0.5, 0.6) is 11.5 Å². The zero-order chi connectivity index (χ0) is 15.3. The van der Waals surface area contributed by atoms with Crippen molar-refractivity contribution in [1.82, 2.24) is 0 Å². The number of hydrogen-bond acceptors (Lipinski definition) is 4. The predicted molar refractivity (Wildman–Crippen MR) is 87.3 cm³/mol. The molecule has 2 N–H and O–H groups in total. The Balaban J connectivity index is 2.23. The van der Waals surface area contributed by atoms with Crippen LogP contribution in [-0.4, -0.2) is 9.79 Å². The SMILES string of the molecule is CC(C)(c1ccc(OPO)cc1)c1ccc(OPO)cc1. The van der Waals surface area contributed by atoms with Crippen molar-refractivity contribution in [3.63, 3.8) is 0 Å². The van der Waals surface area contributed by atoms with Crippen LogP contribution in [-0.2, 0) is 5.41 Å². The Morgan fingerprint density at radius 1 is 0.714 bits per heavy atom. The molecule has 4 nitrogen and oxygen atoms in total. The van der Waals surface area contributed by atoms with E-state index in [1.54, 1.807) is 0 Å². The Morgan fingerprint density at radius 3 is 1.33 bits per heavy atom. The van der Waals surface area contributed by atoms with Gasteiger partial charge in [0, 0.05) is 5.41 Å². The van der Waals surface area contributed by atoms with Crippen molar-refractivity contribution < 1.29 is 18.8 Å². The first kappa shape index (κ1) is 16.2. The van der Waals surface area contributed by atoms with E-state index in [4.69, 9.17) is 18.8 Å². The zero-order valence-corrected chi connectivity index (χ0v) is 13.8. The highest BCUT2D eigenvalue weighted by Gasteiger charge is 2.23. The van der Waals surface area contributed by atoms with Gasteiger partial charge >= 0.3 is 0 Å². The summed E-state index contributed by atoms with van der Waals surface area (Å²) in [7, 11) is -1.09. The van der Waals surface area contributed by atoms with Crippen molar-refractivity contribution in [3.8, 4) is 11.5 Å². The second-order valence-corrected chi connectivity index (χ2v) is 5.83. The molecule has 2 aromatic rings. The van der Waals surface area contributed by atoms with Gasteiger partial charge < -0.3 is 18.8 Å². The van der Waals surface area contributed by atoms with E-state index in [0.29, 0.717) is 11.5 Å². The van der Waals surface area contributed by atoms with Gasteiger partial charge in [0.05, 0.1) is 0 Å². The topological polar surface area (TPSA) is 58.9 Å². The Hall–Kier alpha value is -1.18. The molecule has 2 aromatic carbocycles. The molecular formula is C15H18O4P2. The Morgan fingerprint density at radius 2 is 1.05 bits per heavy atom. The second-order valence-electron chi connectivity index (χ2n) is 5.06. The molecule has 0 aliphatic carbocycles. The molecule has 0 saturated heterocycles. The van der Waals surface area contributed by atoms with E-state index < -0.39 is 18.1 Å². The maximum atomic E-state index is 8.77. The highest BCUT2D eigenvalue weighted by molar-refractivity contribution is 7.25. The predicted octanol–water partition coefficient (Wildman–Crippen LogP) is 3.77. The van der Waals surface area contributed by atoms with Crippen LogP contribution in [0.2, 0.25) is 0 Å². The van der Waals surface area contributed by atoms with Gasteiger partial charge in [-0.05, 0) is 35.4 Å². The number of benzene rings is 2. The van der Waals surface area contributed by atoms with E-state index in [0.717, 1.165) is 11.1 Å². The molecule has 0 aliphatic heterocycles. The summed E-state index contributed by atoms with van der Waals surface area (Å²) < 4.78 is 10.1. The van der Waals surface area contributed by atoms with E-state index in [9.17, 15) is 0 Å². The molecule has 6 heteroatoms. The van der Waals surface area contributed by atoms with Crippen molar-refractivity contribution in [2.45, 2.75) is 19.3 Å².